The Balaban J connectivity index is 2.00. The minimum atomic E-state index is -0.958. The third-order valence-electron chi connectivity index (χ3n) is 2.93. The number of carbonyl (C=O) groups excluding carboxylic acids is 1. The average Bonchev–Trinajstić information content (AvgIpc) is 2.97. The highest BCUT2D eigenvalue weighted by atomic mass is 32.2. The fourth-order valence-electron chi connectivity index (χ4n) is 1.93. The van der Waals surface area contributed by atoms with Crippen LogP contribution in [0.1, 0.15) is 11.5 Å². The maximum atomic E-state index is 12.2. The lowest BCUT2D eigenvalue weighted by Crippen LogP contribution is -2.47. The van der Waals surface area contributed by atoms with Crippen molar-refractivity contribution in [3.63, 3.8) is 0 Å². The number of carboxylic acid groups (broad SMARTS) is 1. The average molecular weight is 284 g/mol. The van der Waals surface area contributed by atoms with Crippen molar-refractivity contribution in [1.82, 2.24) is 9.80 Å². The molecule has 7 heteroatoms. The van der Waals surface area contributed by atoms with Gasteiger partial charge in [-0.3, -0.25) is 0 Å². The fraction of sp³-hybridized carbons (Fsp3) is 0.500. The van der Waals surface area contributed by atoms with Crippen LogP contribution in [0.4, 0.5) is 4.79 Å². The molecule has 1 aromatic rings. The molecule has 6 nitrogen and oxygen atoms in total. The highest BCUT2D eigenvalue weighted by Crippen LogP contribution is 2.22. The summed E-state index contributed by atoms with van der Waals surface area (Å²) >= 11 is 1.45. The topological polar surface area (TPSA) is 74.0 Å². The van der Waals surface area contributed by atoms with Crippen molar-refractivity contribution in [2.45, 2.75) is 19.5 Å². The van der Waals surface area contributed by atoms with Gasteiger partial charge in [0.2, 0.25) is 0 Å². The normalized spacial score (nSPS) is 18.6. The van der Waals surface area contributed by atoms with Crippen molar-refractivity contribution >= 4 is 23.8 Å². The molecule has 0 aromatic carbocycles. The maximum Gasteiger partial charge on any atom is 0.327 e. The lowest BCUT2D eigenvalue weighted by Gasteiger charge is -2.26. The van der Waals surface area contributed by atoms with Gasteiger partial charge in [-0.15, -0.1) is 11.8 Å². The molecule has 0 spiro atoms. The Morgan fingerprint density at radius 1 is 1.58 bits per heavy atom. The molecule has 1 saturated heterocycles. The van der Waals surface area contributed by atoms with E-state index < -0.39 is 12.0 Å². The van der Waals surface area contributed by atoms with Crippen LogP contribution in [0, 0.1) is 6.92 Å². The number of nitrogens with zero attached hydrogens (tertiary/aromatic N) is 2. The number of amides is 2. The summed E-state index contributed by atoms with van der Waals surface area (Å²) in [6, 6.07) is 2.62. The van der Waals surface area contributed by atoms with Gasteiger partial charge in [0, 0.05) is 12.8 Å². The van der Waals surface area contributed by atoms with Gasteiger partial charge in [0.1, 0.15) is 17.6 Å². The molecule has 19 heavy (non-hydrogen) atoms. The molecule has 0 aliphatic carbocycles. The molecule has 1 aromatic heterocycles. The molecule has 0 saturated carbocycles. The first-order valence-electron chi connectivity index (χ1n) is 5.86. The Kier molecular flexibility index (Phi) is 4.04. The summed E-state index contributed by atoms with van der Waals surface area (Å²) in [5, 5.41) is 9.06. The summed E-state index contributed by atoms with van der Waals surface area (Å²) < 4.78 is 5.41. The van der Waals surface area contributed by atoms with E-state index >= 15 is 0 Å². The van der Waals surface area contributed by atoms with Gasteiger partial charge in [-0.25, -0.2) is 9.59 Å². The third-order valence-corrected chi connectivity index (χ3v) is 3.94. The second-order valence-corrected chi connectivity index (χ2v) is 5.47. The summed E-state index contributed by atoms with van der Waals surface area (Å²) in [6.45, 7) is 2.17. The molecule has 2 heterocycles. The van der Waals surface area contributed by atoms with Crippen LogP contribution in [0.2, 0.25) is 0 Å². The Hall–Kier alpha value is -1.63. The number of hydrogen-bond acceptors (Lipinski definition) is 4. The van der Waals surface area contributed by atoms with Crippen LogP contribution >= 0.6 is 11.8 Å². The molecule has 1 fully saturated rings. The van der Waals surface area contributed by atoms with Crippen molar-refractivity contribution in [1.29, 1.82) is 0 Å². The molecule has 0 radical (unpaired) electrons. The molecule has 104 valence electrons. The zero-order valence-electron chi connectivity index (χ0n) is 10.8. The van der Waals surface area contributed by atoms with Gasteiger partial charge < -0.3 is 19.3 Å². The first-order valence-corrected chi connectivity index (χ1v) is 7.02. The van der Waals surface area contributed by atoms with Crippen molar-refractivity contribution in [2.24, 2.45) is 0 Å². The molecule has 1 atom stereocenters. The van der Waals surface area contributed by atoms with E-state index in [1.807, 2.05) is 19.1 Å². The molecular formula is C12H16N2O4S. The van der Waals surface area contributed by atoms with E-state index in [2.05, 4.69) is 0 Å². The van der Waals surface area contributed by atoms with Crippen molar-refractivity contribution < 1.29 is 19.1 Å². The van der Waals surface area contributed by atoms with E-state index in [4.69, 9.17) is 9.52 Å². The maximum absolute atomic E-state index is 12.2. The quantitative estimate of drug-likeness (QED) is 0.912. The number of rotatable bonds is 3. The fourth-order valence-corrected chi connectivity index (χ4v) is 3.06. The zero-order valence-corrected chi connectivity index (χ0v) is 11.6. The molecule has 1 unspecified atom stereocenters. The number of aryl methyl sites for hydroxylation is 1. The van der Waals surface area contributed by atoms with Gasteiger partial charge >= 0.3 is 12.0 Å². The third kappa shape index (κ3) is 3.04. The number of furan rings is 1. The van der Waals surface area contributed by atoms with E-state index in [-0.39, 0.29) is 6.03 Å². The molecule has 1 aliphatic heterocycles. The Labute approximate surface area is 115 Å². The standard InChI is InChI=1S/C12H16N2O4S/c1-8-3-4-9(18-8)5-13(2)12(17)14-7-19-6-10(14)11(15)16/h3-4,10H,5-7H2,1-2H3,(H,15,16). The number of carbonyl (C=O) groups is 2. The van der Waals surface area contributed by atoms with E-state index in [0.717, 1.165) is 5.76 Å². The molecule has 2 amide bonds. The van der Waals surface area contributed by atoms with Crippen LogP contribution in [0.5, 0.6) is 0 Å². The summed E-state index contributed by atoms with van der Waals surface area (Å²) in [7, 11) is 1.64. The van der Waals surface area contributed by atoms with Crippen molar-refractivity contribution in [3.8, 4) is 0 Å². The van der Waals surface area contributed by atoms with E-state index in [1.54, 1.807) is 7.05 Å². The lowest BCUT2D eigenvalue weighted by molar-refractivity contribution is -0.140. The van der Waals surface area contributed by atoms with E-state index in [1.165, 1.54) is 21.6 Å². The summed E-state index contributed by atoms with van der Waals surface area (Å²) in [5.74, 6) is 1.37. The van der Waals surface area contributed by atoms with E-state index in [9.17, 15) is 9.59 Å². The second-order valence-electron chi connectivity index (χ2n) is 4.47. The molecule has 0 bridgehead atoms. The van der Waals surface area contributed by atoms with Crippen LogP contribution in [0.3, 0.4) is 0 Å². The number of carboxylic acids is 1. The monoisotopic (exact) mass is 284 g/mol. The van der Waals surface area contributed by atoms with Gasteiger partial charge in [0.05, 0.1) is 12.4 Å². The molecule has 2 rings (SSSR count). The van der Waals surface area contributed by atoms with Crippen molar-refractivity contribution in [3.05, 3.63) is 23.7 Å². The minimum absolute atomic E-state index is 0.286. The predicted molar refractivity (Wildman–Crippen MR) is 70.9 cm³/mol. The van der Waals surface area contributed by atoms with Gasteiger partial charge in [-0.1, -0.05) is 0 Å². The Morgan fingerprint density at radius 3 is 2.89 bits per heavy atom. The summed E-state index contributed by atoms with van der Waals surface area (Å²) in [6.07, 6.45) is 0. The summed E-state index contributed by atoms with van der Waals surface area (Å²) in [5.41, 5.74) is 0. The highest BCUT2D eigenvalue weighted by Gasteiger charge is 2.36. The SMILES string of the molecule is Cc1ccc(CN(C)C(=O)N2CSCC2C(=O)O)o1. The molecule has 1 N–H and O–H groups in total. The number of aliphatic carboxylic acids is 1. The Bertz CT molecular complexity index is 488. The van der Waals surface area contributed by atoms with Crippen LogP contribution in [0.15, 0.2) is 16.5 Å². The predicted octanol–water partition coefficient (Wildman–Crippen LogP) is 1.60. The first-order chi connectivity index (χ1) is 8.99. The Morgan fingerprint density at radius 2 is 2.32 bits per heavy atom. The van der Waals surface area contributed by atoms with Gasteiger partial charge in [-0.2, -0.15) is 0 Å². The number of urea groups is 1. The number of hydrogen-bond donors (Lipinski definition) is 1. The van der Waals surface area contributed by atoms with Crippen LogP contribution < -0.4 is 0 Å². The van der Waals surface area contributed by atoms with Crippen LogP contribution in [0.25, 0.3) is 0 Å². The van der Waals surface area contributed by atoms with E-state index in [0.29, 0.717) is 23.9 Å². The van der Waals surface area contributed by atoms with Crippen molar-refractivity contribution in [2.75, 3.05) is 18.7 Å². The highest BCUT2D eigenvalue weighted by molar-refractivity contribution is 7.99. The van der Waals surface area contributed by atoms with Gasteiger partial charge in [-0.05, 0) is 19.1 Å². The minimum Gasteiger partial charge on any atom is -0.480 e. The largest absolute Gasteiger partial charge is 0.480 e. The lowest BCUT2D eigenvalue weighted by atomic mass is 10.3. The zero-order chi connectivity index (χ0) is 14.0. The molecule has 1 aliphatic rings. The summed E-state index contributed by atoms with van der Waals surface area (Å²) in [4.78, 5) is 26.1. The van der Waals surface area contributed by atoms with Crippen LogP contribution in [-0.4, -0.2) is 51.6 Å². The second kappa shape index (κ2) is 5.56. The smallest absolute Gasteiger partial charge is 0.327 e. The number of thioether (sulfide) groups is 1. The molecular weight excluding hydrogens is 268 g/mol. The van der Waals surface area contributed by atoms with Gasteiger partial charge in [0.15, 0.2) is 0 Å². The van der Waals surface area contributed by atoms with Gasteiger partial charge in [0.25, 0.3) is 0 Å². The van der Waals surface area contributed by atoms with Crippen LogP contribution in [-0.2, 0) is 11.3 Å². The first kappa shape index (κ1) is 13.8.